The maximum atomic E-state index is 12.8. The average molecular weight is 331 g/mol. The fourth-order valence-electron chi connectivity index (χ4n) is 3.55. The number of nitrogens with zero attached hydrogens (tertiary/aromatic N) is 1. The maximum absolute atomic E-state index is 12.8. The molecule has 0 saturated carbocycles. The van der Waals surface area contributed by atoms with Crippen LogP contribution in [0, 0.1) is 0 Å². The molecule has 2 saturated heterocycles. The molecule has 4 rings (SSSR count). The molecule has 2 unspecified atom stereocenters. The van der Waals surface area contributed by atoms with E-state index < -0.39 is 0 Å². The molecule has 2 amide bonds. The lowest BCUT2D eigenvalue weighted by Crippen LogP contribution is -2.49. The van der Waals surface area contributed by atoms with E-state index in [1.165, 1.54) is 0 Å². The van der Waals surface area contributed by atoms with Crippen molar-refractivity contribution in [1.82, 2.24) is 15.5 Å². The molecule has 1 aromatic carbocycles. The number of benzene rings is 1. The first-order chi connectivity index (χ1) is 11.7. The van der Waals surface area contributed by atoms with Gasteiger partial charge in [-0.1, -0.05) is 0 Å². The van der Waals surface area contributed by atoms with E-state index in [0.29, 0.717) is 30.0 Å². The van der Waals surface area contributed by atoms with Gasteiger partial charge in [0.15, 0.2) is 11.5 Å². The number of rotatable bonds is 3. The molecular weight excluding hydrogens is 310 g/mol. The minimum Gasteiger partial charge on any atom is -0.454 e. The van der Waals surface area contributed by atoms with Crippen LogP contribution in [0.15, 0.2) is 18.2 Å². The summed E-state index contributed by atoms with van der Waals surface area (Å²) in [4.78, 5) is 27.1. The van der Waals surface area contributed by atoms with Gasteiger partial charge in [-0.05, 0) is 44.0 Å². The number of fused-ring (bicyclic) bond motifs is 1. The van der Waals surface area contributed by atoms with Gasteiger partial charge in [-0.25, -0.2) is 0 Å². The zero-order chi connectivity index (χ0) is 16.5. The number of amides is 2. The van der Waals surface area contributed by atoms with Crippen LogP contribution >= 0.6 is 0 Å². The van der Waals surface area contributed by atoms with Crippen LogP contribution in [-0.2, 0) is 4.79 Å². The first-order valence-corrected chi connectivity index (χ1v) is 8.44. The molecule has 2 fully saturated rings. The van der Waals surface area contributed by atoms with Crippen molar-refractivity contribution < 1.29 is 19.1 Å². The van der Waals surface area contributed by atoms with Crippen molar-refractivity contribution >= 4 is 11.8 Å². The van der Waals surface area contributed by atoms with Crippen molar-refractivity contribution in [3.8, 4) is 11.5 Å². The SMILES string of the molecule is O=C(NC1CCNC1)C1CCCN1C(=O)c1ccc2c(c1)OCO2. The monoisotopic (exact) mass is 331 g/mol. The lowest BCUT2D eigenvalue weighted by Gasteiger charge is -2.25. The molecule has 128 valence electrons. The molecule has 1 aromatic rings. The molecule has 0 spiro atoms. The van der Waals surface area contributed by atoms with Crippen LogP contribution in [-0.4, -0.2) is 55.2 Å². The van der Waals surface area contributed by atoms with E-state index in [9.17, 15) is 9.59 Å². The van der Waals surface area contributed by atoms with Crippen LogP contribution in [0.3, 0.4) is 0 Å². The van der Waals surface area contributed by atoms with Crippen molar-refractivity contribution in [2.45, 2.75) is 31.3 Å². The van der Waals surface area contributed by atoms with Gasteiger partial charge in [0.05, 0.1) is 0 Å². The molecular formula is C17H21N3O4. The van der Waals surface area contributed by atoms with Crippen molar-refractivity contribution in [3.63, 3.8) is 0 Å². The Kier molecular flexibility index (Phi) is 4.02. The van der Waals surface area contributed by atoms with Crippen LogP contribution in [0.2, 0.25) is 0 Å². The summed E-state index contributed by atoms with van der Waals surface area (Å²) in [6, 6.07) is 4.94. The topological polar surface area (TPSA) is 79.9 Å². The molecule has 0 aromatic heterocycles. The fourth-order valence-corrected chi connectivity index (χ4v) is 3.55. The Hall–Kier alpha value is -2.28. The Labute approximate surface area is 140 Å². The van der Waals surface area contributed by atoms with Gasteiger partial charge in [0.1, 0.15) is 6.04 Å². The molecule has 7 nitrogen and oxygen atoms in total. The zero-order valence-electron chi connectivity index (χ0n) is 13.4. The third-order valence-electron chi connectivity index (χ3n) is 4.84. The smallest absolute Gasteiger partial charge is 0.254 e. The summed E-state index contributed by atoms with van der Waals surface area (Å²) in [7, 11) is 0. The number of hydrogen-bond donors (Lipinski definition) is 2. The van der Waals surface area contributed by atoms with E-state index in [4.69, 9.17) is 9.47 Å². The molecule has 7 heteroatoms. The summed E-state index contributed by atoms with van der Waals surface area (Å²) in [5.41, 5.74) is 0.529. The summed E-state index contributed by atoms with van der Waals surface area (Å²) >= 11 is 0. The van der Waals surface area contributed by atoms with Gasteiger partial charge in [0, 0.05) is 24.7 Å². The molecule has 2 atom stereocenters. The number of nitrogens with one attached hydrogen (secondary N) is 2. The Morgan fingerprint density at radius 3 is 2.92 bits per heavy atom. The first kappa shape index (κ1) is 15.3. The third kappa shape index (κ3) is 2.80. The van der Waals surface area contributed by atoms with Gasteiger partial charge in [-0.15, -0.1) is 0 Å². The molecule has 3 aliphatic rings. The minimum absolute atomic E-state index is 0.0460. The standard InChI is InChI=1S/C17H21N3O4/c21-16(19-12-5-6-18-9-12)13-2-1-7-20(13)17(22)11-3-4-14-15(8-11)24-10-23-14/h3-4,8,12-13,18H,1-2,5-7,9-10H2,(H,19,21). The van der Waals surface area contributed by atoms with Crippen molar-refractivity contribution in [1.29, 1.82) is 0 Å². The fraction of sp³-hybridized carbons (Fsp3) is 0.529. The molecule has 24 heavy (non-hydrogen) atoms. The van der Waals surface area contributed by atoms with Crippen molar-refractivity contribution in [2.75, 3.05) is 26.4 Å². The summed E-state index contributed by atoms with van der Waals surface area (Å²) in [6.45, 7) is 2.51. The van der Waals surface area contributed by atoms with Crippen LogP contribution in [0.25, 0.3) is 0 Å². The number of carbonyl (C=O) groups excluding carboxylic acids is 2. The summed E-state index contributed by atoms with van der Waals surface area (Å²) in [5.74, 6) is 1.06. The summed E-state index contributed by atoms with van der Waals surface area (Å²) < 4.78 is 10.6. The van der Waals surface area contributed by atoms with Crippen LogP contribution in [0.5, 0.6) is 11.5 Å². The zero-order valence-corrected chi connectivity index (χ0v) is 13.4. The lowest BCUT2D eigenvalue weighted by atomic mass is 10.1. The minimum atomic E-state index is -0.386. The van der Waals surface area contributed by atoms with Gasteiger partial charge < -0.3 is 25.0 Å². The van der Waals surface area contributed by atoms with E-state index >= 15 is 0 Å². The number of carbonyl (C=O) groups is 2. The number of likely N-dealkylation sites (tertiary alicyclic amines) is 1. The van der Waals surface area contributed by atoms with Crippen LogP contribution in [0.1, 0.15) is 29.6 Å². The highest BCUT2D eigenvalue weighted by molar-refractivity contribution is 5.98. The van der Waals surface area contributed by atoms with Crippen LogP contribution in [0.4, 0.5) is 0 Å². The summed E-state index contributed by atoms with van der Waals surface area (Å²) in [5, 5.41) is 6.29. The molecule has 2 N–H and O–H groups in total. The molecule has 0 bridgehead atoms. The Morgan fingerprint density at radius 1 is 1.21 bits per heavy atom. The second-order valence-corrected chi connectivity index (χ2v) is 6.42. The summed E-state index contributed by atoms with van der Waals surface area (Å²) in [6.07, 6.45) is 2.49. The highest BCUT2D eigenvalue weighted by Gasteiger charge is 2.36. The van der Waals surface area contributed by atoms with E-state index in [1.54, 1.807) is 23.1 Å². The van der Waals surface area contributed by atoms with Gasteiger partial charge in [0.25, 0.3) is 5.91 Å². The van der Waals surface area contributed by atoms with Gasteiger partial charge in [-0.2, -0.15) is 0 Å². The molecule has 3 aliphatic heterocycles. The second kappa shape index (κ2) is 6.32. The Morgan fingerprint density at radius 2 is 2.08 bits per heavy atom. The molecule has 3 heterocycles. The molecule has 0 radical (unpaired) electrons. The molecule has 0 aliphatic carbocycles. The van der Waals surface area contributed by atoms with E-state index in [1.807, 2.05) is 0 Å². The highest BCUT2D eigenvalue weighted by Crippen LogP contribution is 2.33. The van der Waals surface area contributed by atoms with Crippen molar-refractivity contribution in [2.24, 2.45) is 0 Å². The van der Waals surface area contributed by atoms with E-state index in [2.05, 4.69) is 10.6 Å². The van der Waals surface area contributed by atoms with Gasteiger partial charge >= 0.3 is 0 Å². The normalized spacial score (nSPS) is 25.1. The van der Waals surface area contributed by atoms with Gasteiger partial charge in [-0.3, -0.25) is 9.59 Å². The Balaban J connectivity index is 1.47. The Bertz CT molecular complexity index is 657. The van der Waals surface area contributed by atoms with Crippen LogP contribution < -0.4 is 20.1 Å². The van der Waals surface area contributed by atoms with E-state index in [-0.39, 0.29) is 30.7 Å². The predicted molar refractivity (Wildman–Crippen MR) is 86.0 cm³/mol. The number of hydrogen-bond acceptors (Lipinski definition) is 5. The average Bonchev–Trinajstić information content (AvgIpc) is 3.33. The maximum Gasteiger partial charge on any atom is 0.254 e. The highest BCUT2D eigenvalue weighted by atomic mass is 16.7. The van der Waals surface area contributed by atoms with E-state index in [0.717, 1.165) is 25.9 Å². The third-order valence-corrected chi connectivity index (χ3v) is 4.84. The van der Waals surface area contributed by atoms with Gasteiger partial charge in [0.2, 0.25) is 12.7 Å². The predicted octanol–water partition coefficient (Wildman–Crippen LogP) is 0.498. The quantitative estimate of drug-likeness (QED) is 0.843. The lowest BCUT2D eigenvalue weighted by molar-refractivity contribution is -0.125. The largest absolute Gasteiger partial charge is 0.454 e. The second-order valence-electron chi connectivity index (χ2n) is 6.42. The first-order valence-electron chi connectivity index (χ1n) is 8.44. The number of ether oxygens (including phenoxy) is 2. The van der Waals surface area contributed by atoms with Crippen molar-refractivity contribution in [3.05, 3.63) is 23.8 Å².